The van der Waals surface area contributed by atoms with Gasteiger partial charge in [-0.2, -0.15) is 0 Å². The molecule has 1 saturated heterocycles. The molecular weight excluding hydrogens is 266 g/mol. The number of nitrogen functional groups attached to an aromatic ring is 1. The summed E-state index contributed by atoms with van der Waals surface area (Å²) in [4.78, 5) is 2.45. The molecule has 1 aromatic carbocycles. The summed E-state index contributed by atoms with van der Waals surface area (Å²) in [5.74, 6) is 0.694. The number of rotatable bonds is 5. The first kappa shape index (κ1) is 15.8. The van der Waals surface area contributed by atoms with Gasteiger partial charge in [0.15, 0.2) is 0 Å². The number of hydrogen-bond acceptors (Lipinski definition) is 4. The molecular formula is C16H25N3O2. The van der Waals surface area contributed by atoms with E-state index >= 15 is 0 Å². The first-order valence-corrected chi connectivity index (χ1v) is 7.42. The van der Waals surface area contributed by atoms with Crippen molar-refractivity contribution in [3.05, 3.63) is 29.3 Å². The van der Waals surface area contributed by atoms with Crippen molar-refractivity contribution in [1.29, 1.82) is 5.41 Å². The number of ether oxygens (including phenoxy) is 2. The number of methoxy groups -OCH3 is 1. The average Bonchev–Trinajstić information content (AvgIpc) is 2.47. The normalized spacial score (nSPS) is 23.0. The number of nitrogens with zero attached hydrogens (tertiary/aromatic N) is 1. The minimum absolute atomic E-state index is 0.0322. The molecule has 0 saturated carbocycles. The smallest absolute Gasteiger partial charge is 0.130 e. The predicted molar refractivity (Wildman–Crippen MR) is 83.9 cm³/mol. The molecule has 116 valence electrons. The number of morpholine rings is 1. The molecule has 1 aliphatic heterocycles. The maximum Gasteiger partial charge on any atom is 0.130 e. The third kappa shape index (κ3) is 3.74. The van der Waals surface area contributed by atoms with Crippen LogP contribution >= 0.6 is 0 Å². The number of benzene rings is 1. The van der Waals surface area contributed by atoms with Crippen molar-refractivity contribution < 1.29 is 9.47 Å². The summed E-state index contributed by atoms with van der Waals surface area (Å²) < 4.78 is 11.1. The van der Waals surface area contributed by atoms with Gasteiger partial charge in [-0.05, 0) is 31.0 Å². The van der Waals surface area contributed by atoms with Gasteiger partial charge in [0, 0.05) is 19.1 Å². The van der Waals surface area contributed by atoms with E-state index in [1.165, 1.54) is 5.56 Å². The Morgan fingerprint density at radius 3 is 2.90 bits per heavy atom. The average molecular weight is 291 g/mol. The molecule has 1 aliphatic rings. The van der Waals surface area contributed by atoms with E-state index in [9.17, 15) is 0 Å². The SMILES string of the molecule is CCC1COC(C)CN1Cc1ccc(C(=N)N)c(OC)c1. The van der Waals surface area contributed by atoms with E-state index in [0.29, 0.717) is 17.4 Å². The van der Waals surface area contributed by atoms with E-state index in [-0.39, 0.29) is 11.9 Å². The second-order valence-corrected chi connectivity index (χ2v) is 5.58. The van der Waals surface area contributed by atoms with Gasteiger partial charge < -0.3 is 15.2 Å². The fraction of sp³-hybridized carbons (Fsp3) is 0.562. The van der Waals surface area contributed by atoms with E-state index in [1.807, 2.05) is 18.2 Å². The molecule has 0 aromatic heterocycles. The van der Waals surface area contributed by atoms with E-state index < -0.39 is 0 Å². The van der Waals surface area contributed by atoms with Gasteiger partial charge in [0.25, 0.3) is 0 Å². The Hall–Kier alpha value is -1.59. The van der Waals surface area contributed by atoms with Crippen LogP contribution in [-0.4, -0.2) is 43.1 Å². The second-order valence-electron chi connectivity index (χ2n) is 5.58. The van der Waals surface area contributed by atoms with Crippen LogP contribution in [0.2, 0.25) is 0 Å². The van der Waals surface area contributed by atoms with E-state index in [4.69, 9.17) is 20.6 Å². The lowest BCUT2D eigenvalue weighted by atomic mass is 10.1. The highest BCUT2D eigenvalue weighted by Gasteiger charge is 2.25. The Morgan fingerprint density at radius 1 is 1.52 bits per heavy atom. The van der Waals surface area contributed by atoms with Gasteiger partial charge in [0.05, 0.1) is 25.4 Å². The fourth-order valence-corrected chi connectivity index (χ4v) is 2.77. The quantitative estimate of drug-likeness (QED) is 0.643. The molecule has 0 bridgehead atoms. The number of hydrogen-bond donors (Lipinski definition) is 2. The van der Waals surface area contributed by atoms with Gasteiger partial charge in [-0.1, -0.05) is 13.0 Å². The zero-order chi connectivity index (χ0) is 15.4. The number of nitrogens with one attached hydrogen (secondary N) is 1. The fourth-order valence-electron chi connectivity index (χ4n) is 2.77. The summed E-state index contributed by atoms with van der Waals surface area (Å²) in [5.41, 5.74) is 7.38. The van der Waals surface area contributed by atoms with Crippen LogP contribution in [0.3, 0.4) is 0 Å². The Bertz CT molecular complexity index is 504. The largest absolute Gasteiger partial charge is 0.496 e. The van der Waals surface area contributed by atoms with Gasteiger partial charge in [0.2, 0.25) is 0 Å². The highest BCUT2D eigenvalue weighted by Crippen LogP contribution is 2.23. The van der Waals surface area contributed by atoms with Crippen molar-refractivity contribution in [2.45, 2.75) is 39.0 Å². The van der Waals surface area contributed by atoms with Crippen molar-refractivity contribution in [3.63, 3.8) is 0 Å². The molecule has 2 atom stereocenters. The van der Waals surface area contributed by atoms with Gasteiger partial charge in [-0.3, -0.25) is 10.3 Å². The van der Waals surface area contributed by atoms with Crippen LogP contribution in [0.5, 0.6) is 5.75 Å². The van der Waals surface area contributed by atoms with Crippen LogP contribution in [0.4, 0.5) is 0 Å². The zero-order valence-corrected chi connectivity index (χ0v) is 13.1. The summed E-state index contributed by atoms with van der Waals surface area (Å²) in [7, 11) is 1.61. The molecule has 1 heterocycles. The number of amidine groups is 1. The molecule has 5 nitrogen and oxygen atoms in total. The van der Waals surface area contributed by atoms with Gasteiger partial charge in [0.1, 0.15) is 11.6 Å². The lowest BCUT2D eigenvalue weighted by molar-refractivity contribution is -0.0592. The topological polar surface area (TPSA) is 71.6 Å². The van der Waals surface area contributed by atoms with Crippen LogP contribution in [0.25, 0.3) is 0 Å². The van der Waals surface area contributed by atoms with Gasteiger partial charge in [-0.15, -0.1) is 0 Å². The Kier molecular flexibility index (Phi) is 5.20. The predicted octanol–water partition coefficient (Wildman–Crippen LogP) is 1.98. The minimum Gasteiger partial charge on any atom is -0.496 e. The van der Waals surface area contributed by atoms with Crippen molar-refractivity contribution in [3.8, 4) is 5.75 Å². The van der Waals surface area contributed by atoms with Crippen LogP contribution < -0.4 is 10.5 Å². The molecule has 3 N–H and O–H groups in total. The van der Waals surface area contributed by atoms with Crippen molar-refractivity contribution in [1.82, 2.24) is 4.90 Å². The van der Waals surface area contributed by atoms with E-state index in [0.717, 1.165) is 26.1 Å². The first-order valence-electron chi connectivity index (χ1n) is 7.42. The molecule has 0 radical (unpaired) electrons. The lowest BCUT2D eigenvalue weighted by Crippen LogP contribution is -2.47. The Labute approximate surface area is 126 Å². The molecule has 21 heavy (non-hydrogen) atoms. The maximum atomic E-state index is 7.56. The van der Waals surface area contributed by atoms with Crippen molar-refractivity contribution in [2.24, 2.45) is 5.73 Å². The van der Waals surface area contributed by atoms with Crippen molar-refractivity contribution >= 4 is 5.84 Å². The molecule has 2 unspecified atom stereocenters. The van der Waals surface area contributed by atoms with E-state index in [2.05, 4.69) is 18.7 Å². The van der Waals surface area contributed by atoms with Crippen LogP contribution in [0.15, 0.2) is 18.2 Å². The molecule has 1 aromatic rings. The maximum absolute atomic E-state index is 7.56. The van der Waals surface area contributed by atoms with Crippen LogP contribution in [-0.2, 0) is 11.3 Å². The van der Waals surface area contributed by atoms with Gasteiger partial charge >= 0.3 is 0 Å². The second kappa shape index (κ2) is 6.91. The Morgan fingerprint density at radius 2 is 2.29 bits per heavy atom. The standard InChI is InChI=1S/C16H25N3O2/c1-4-13-10-21-11(2)8-19(13)9-12-5-6-14(16(17)18)15(7-12)20-3/h5-7,11,13H,4,8-10H2,1-3H3,(H3,17,18). The summed E-state index contributed by atoms with van der Waals surface area (Å²) in [6.07, 6.45) is 1.35. The summed E-state index contributed by atoms with van der Waals surface area (Å²) in [6, 6.07) is 6.32. The highest BCUT2D eigenvalue weighted by atomic mass is 16.5. The summed E-state index contributed by atoms with van der Waals surface area (Å²) in [6.45, 7) is 6.89. The number of nitrogens with two attached hydrogens (primary N) is 1. The minimum atomic E-state index is 0.0322. The molecule has 0 amide bonds. The molecule has 0 aliphatic carbocycles. The Balaban J connectivity index is 2.16. The molecule has 1 fully saturated rings. The summed E-state index contributed by atoms with van der Waals surface area (Å²) >= 11 is 0. The first-order chi connectivity index (χ1) is 10.0. The summed E-state index contributed by atoms with van der Waals surface area (Å²) in [5, 5.41) is 7.56. The monoisotopic (exact) mass is 291 g/mol. The van der Waals surface area contributed by atoms with Crippen LogP contribution in [0.1, 0.15) is 31.4 Å². The third-order valence-corrected chi connectivity index (χ3v) is 3.99. The third-order valence-electron chi connectivity index (χ3n) is 3.99. The van der Waals surface area contributed by atoms with Crippen LogP contribution in [0, 0.1) is 5.41 Å². The molecule has 5 heteroatoms. The lowest BCUT2D eigenvalue weighted by Gasteiger charge is -2.38. The zero-order valence-electron chi connectivity index (χ0n) is 13.1. The van der Waals surface area contributed by atoms with Gasteiger partial charge in [-0.25, -0.2) is 0 Å². The molecule has 0 spiro atoms. The van der Waals surface area contributed by atoms with Crippen molar-refractivity contribution in [2.75, 3.05) is 20.3 Å². The van der Waals surface area contributed by atoms with E-state index in [1.54, 1.807) is 7.11 Å². The molecule has 2 rings (SSSR count). The highest BCUT2D eigenvalue weighted by molar-refractivity contribution is 5.97.